The first-order chi connectivity index (χ1) is 17.9. The first-order valence-electron chi connectivity index (χ1n) is 12.0. The van der Waals surface area contributed by atoms with Gasteiger partial charge in [-0.1, -0.05) is 41.5 Å². The summed E-state index contributed by atoms with van der Waals surface area (Å²) in [7, 11) is -6.53. The topological polar surface area (TPSA) is 150 Å². The molecule has 0 radical (unpaired) electrons. The van der Waals surface area contributed by atoms with E-state index in [1.165, 1.54) is 0 Å². The zero-order chi connectivity index (χ0) is 29.8. The van der Waals surface area contributed by atoms with Gasteiger partial charge in [0.15, 0.2) is 5.69 Å². The van der Waals surface area contributed by atoms with Crippen LogP contribution in [0.15, 0.2) is 46.3 Å². The van der Waals surface area contributed by atoms with Gasteiger partial charge in [-0.15, -0.1) is 13.2 Å². The number of nitrogen functional groups attached to an aromatic ring is 1. The molecule has 0 aliphatic heterocycles. The van der Waals surface area contributed by atoms with Crippen LogP contribution < -0.4 is 21.3 Å². The zero-order valence-electron chi connectivity index (χ0n) is 22.4. The molecule has 2 rings (SSSR count). The summed E-state index contributed by atoms with van der Waals surface area (Å²) in [5.41, 5.74) is 10.4. The number of carbonyl (C=O) groups excluding carboxylic acids is 2. The van der Waals surface area contributed by atoms with Crippen molar-refractivity contribution in [2.45, 2.75) is 74.3 Å². The molecular formula is C24H33F3N4O6SSi. The maximum Gasteiger partial charge on any atom is 0.573 e. The van der Waals surface area contributed by atoms with Crippen molar-refractivity contribution in [3.8, 4) is 5.75 Å². The molecule has 0 aliphatic carbocycles. The van der Waals surface area contributed by atoms with E-state index in [-0.39, 0.29) is 39.5 Å². The van der Waals surface area contributed by atoms with Gasteiger partial charge in [0, 0.05) is 6.20 Å². The molecule has 216 valence electrons. The molecule has 2 aromatic rings. The normalized spacial score (nSPS) is 12.6. The molecule has 39 heavy (non-hydrogen) atoms. The van der Waals surface area contributed by atoms with E-state index in [1.807, 2.05) is 0 Å². The van der Waals surface area contributed by atoms with E-state index in [9.17, 15) is 31.2 Å². The third kappa shape index (κ3) is 7.70. The highest BCUT2D eigenvalue weighted by Crippen LogP contribution is 2.42. The molecule has 0 bridgehead atoms. The Morgan fingerprint density at radius 2 is 1.51 bits per heavy atom. The van der Waals surface area contributed by atoms with Gasteiger partial charge in [-0.25, -0.2) is 13.4 Å². The number of hydrazine groups is 1. The largest absolute Gasteiger partial charge is 0.573 e. The van der Waals surface area contributed by atoms with Crippen molar-refractivity contribution < 1.29 is 40.3 Å². The van der Waals surface area contributed by atoms with E-state index >= 15 is 0 Å². The van der Waals surface area contributed by atoms with Gasteiger partial charge in [-0.05, 0) is 47.0 Å². The van der Waals surface area contributed by atoms with Crippen molar-refractivity contribution in [2.24, 2.45) is 0 Å². The van der Waals surface area contributed by atoms with Crippen molar-refractivity contribution in [2.75, 3.05) is 12.3 Å². The number of benzene rings is 1. The van der Waals surface area contributed by atoms with E-state index in [0.29, 0.717) is 0 Å². The molecule has 1 aromatic heterocycles. The van der Waals surface area contributed by atoms with Gasteiger partial charge < -0.3 is 14.9 Å². The van der Waals surface area contributed by atoms with Crippen LogP contribution in [0.3, 0.4) is 0 Å². The van der Waals surface area contributed by atoms with Crippen LogP contribution in [0.2, 0.25) is 16.6 Å². The summed E-state index contributed by atoms with van der Waals surface area (Å²) in [4.78, 5) is 28.0. The number of amides is 2. The summed E-state index contributed by atoms with van der Waals surface area (Å²) in [6.45, 7) is 12.2. The Morgan fingerprint density at radius 3 is 1.97 bits per heavy atom. The minimum absolute atomic E-state index is 0.254. The lowest BCUT2D eigenvalue weighted by Gasteiger charge is -2.41. The lowest BCUT2D eigenvalue weighted by molar-refractivity contribution is -0.274. The Hall–Kier alpha value is -3.17. The number of hydrogen-bond donors (Lipinski definition) is 3. The van der Waals surface area contributed by atoms with Gasteiger partial charge in [0.25, 0.3) is 11.8 Å². The number of ether oxygens (including phenoxy) is 1. The molecule has 0 saturated heterocycles. The van der Waals surface area contributed by atoms with Crippen molar-refractivity contribution >= 4 is 35.7 Å². The molecule has 1 heterocycles. The van der Waals surface area contributed by atoms with Gasteiger partial charge in [-0.3, -0.25) is 20.4 Å². The molecule has 0 saturated carbocycles. The first kappa shape index (κ1) is 32.0. The molecule has 1 aromatic carbocycles. The van der Waals surface area contributed by atoms with Gasteiger partial charge in [-0.2, -0.15) is 0 Å². The minimum atomic E-state index is -4.93. The number of rotatable bonds is 10. The zero-order valence-corrected chi connectivity index (χ0v) is 24.2. The number of nitrogens with two attached hydrogens (primary N) is 1. The second kappa shape index (κ2) is 12.3. The number of alkyl halides is 3. The Balaban J connectivity index is 2.09. The summed E-state index contributed by atoms with van der Waals surface area (Å²) in [5, 5.41) is 0. The van der Waals surface area contributed by atoms with Crippen molar-refractivity contribution in [1.82, 2.24) is 15.8 Å². The van der Waals surface area contributed by atoms with Crippen LogP contribution >= 0.6 is 0 Å². The van der Waals surface area contributed by atoms with Gasteiger partial charge >= 0.3 is 6.36 Å². The van der Waals surface area contributed by atoms with Crippen molar-refractivity contribution in [3.63, 3.8) is 0 Å². The SMILES string of the molecule is CC(C)[Si](OCC(=O)NNC(=O)c1ncc(S(=O)(=O)c2ccc(OC(F)(F)F)cc2)cc1N)(C(C)C)C(C)C. The highest BCUT2D eigenvalue weighted by molar-refractivity contribution is 7.91. The van der Waals surface area contributed by atoms with Crippen LogP contribution in [0.4, 0.5) is 18.9 Å². The van der Waals surface area contributed by atoms with E-state index in [2.05, 4.69) is 62.1 Å². The average Bonchev–Trinajstić information content (AvgIpc) is 2.81. The molecule has 0 atom stereocenters. The summed E-state index contributed by atoms with van der Waals surface area (Å²) in [6.07, 6.45) is -4.05. The number of aromatic nitrogens is 1. The third-order valence-electron chi connectivity index (χ3n) is 6.26. The predicted molar refractivity (Wildman–Crippen MR) is 140 cm³/mol. The van der Waals surface area contributed by atoms with E-state index in [0.717, 1.165) is 36.5 Å². The second-order valence-electron chi connectivity index (χ2n) is 9.74. The Labute approximate surface area is 226 Å². The lowest BCUT2D eigenvalue weighted by atomic mass is 10.3. The monoisotopic (exact) mass is 590 g/mol. The van der Waals surface area contributed by atoms with Crippen LogP contribution in [0.5, 0.6) is 5.75 Å². The molecule has 10 nitrogen and oxygen atoms in total. The number of hydrogen-bond acceptors (Lipinski definition) is 8. The molecule has 0 aliphatic rings. The summed E-state index contributed by atoms with van der Waals surface area (Å²) < 4.78 is 72.6. The van der Waals surface area contributed by atoms with Crippen LogP contribution in [-0.2, 0) is 19.1 Å². The fourth-order valence-electron chi connectivity index (χ4n) is 4.67. The Morgan fingerprint density at radius 1 is 0.974 bits per heavy atom. The molecular weight excluding hydrogens is 557 g/mol. The minimum Gasteiger partial charge on any atom is -0.407 e. The fraction of sp³-hybridized carbons (Fsp3) is 0.458. The smallest absolute Gasteiger partial charge is 0.407 e. The van der Waals surface area contributed by atoms with Crippen LogP contribution in [0.1, 0.15) is 52.0 Å². The highest BCUT2D eigenvalue weighted by atomic mass is 32.2. The average molecular weight is 591 g/mol. The fourth-order valence-corrected chi connectivity index (χ4v) is 11.3. The second-order valence-corrected chi connectivity index (χ2v) is 17.1. The number of nitrogens with zero attached hydrogens (tertiary/aromatic N) is 1. The predicted octanol–water partition coefficient (Wildman–Crippen LogP) is 4.35. The number of sulfone groups is 1. The molecule has 4 N–H and O–H groups in total. The number of pyridine rings is 1. The van der Waals surface area contributed by atoms with Gasteiger partial charge in [0.2, 0.25) is 18.2 Å². The maximum atomic E-state index is 12.8. The van der Waals surface area contributed by atoms with Gasteiger partial charge in [0.1, 0.15) is 12.4 Å². The number of anilines is 1. The van der Waals surface area contributed by atoms with Crippen LogP contribution in [-0.4, -0.2) is 46.5 Å². The molecule has 0 unspecified atom stereocenters. The summed E-state index contributed by atoms with van der Waals surface area (Å²) in [5.74, 6) is -2.07. The van der Waals surface area contributed by atoms with E-state index in [4.69, 9.17) is 10.2 Å². The van der Waals surface area contributed by atoms with Gasteiger partial charge in [0.05, 0.1) is 15.5 Å². The molecule has 0 spiro atoms. The maximum absolute atomic E-state index is 12.8. The molecule has 15 heteroatoms. The third-order valence-corrected chi connectivity index (χ3v) is 14.1. The van der Waals surface area contributed by atoms with Crippen LogP contribution in [0.25, 0.3) is 0 Å². The lowest BCUT2D eigenvalue weighted by Crippen LogP contribution is -2.51. The summed E-state index contributed by atoms with van der Waals surface area (Å²) >= 11 is 0. The highest BCUT2D eigenvalue weighted by Gasteiger charge is 2.45. The Bertz CT molecular complexity index is 1260. The number of nitrogens with one attached hydrogen (secondary N) is 2. The van der Waals surface area contributed by atoms with Crippen LogP contribution in [0, 0.1) is 0 Å². The van der Waals surface area contributed by atoms with Crippen molar-refractivity contribution in [1.29, 1.82) is 0 Å². The molecule has 0 fully saturated rings. The van der Waals surface area contributed by atoms with E-state index < -0.39 is 47.0 Å². The van der Waals surface area contributed by atoms with Crippen molar-refractivity contribution in [3.05, 3.63) is 42.2 Å². The standard InChI is InChI=1S/C24H33F3N4O6SSi/c1-14(2)39(15(3)4,16(5)6)36-13-21(32)30-31-23(33)22-20(28)11-19(12-29-22)38(34,35)18-9-7-17(8-10-18)37-24(25,26)27/h7-12,14-16H,13,28H2,1-6H3,(H,30,32)(H,31,33). The number of halogens is 3. The Kier molecular flexibility index (Phi) is 10.1. The number of carbonyl (C=O) groups is 2. The quantitative estimate of drug-likeness (QED) is 0.273. The summed E-state index contributed by atoms with van der Waals surface area (Å²) in [6, 6.07) is 4.54. The molecule has 2 amide bonds. The van der Waals surface area contributed by atoms with E-state index in [1.54, 1.807) is 0 Å². The first-order valence-corrected chi connectivity index (χ1v) is 15.6.